The van der Waals surface area contributed by atoms with E-state index in [4.69, 9.17) is 4.42 Å². The SMILES string of the molecule is O=C(NN=Cc1ccco1)C(c1ccccc1)c1ccccc1. The Morgan fingerprint density at radius 2 is 1.52 bits per heavy atom. The van der Waals surface area contributed by atoms with Gasteiger partial charge in [0.1, 0.15) is 5.76 Å². The van der Waals surface area contributed by atoms with E-state index in [1.54, 1.807) is 18.4 Å². The Morgan fingerprint density at radius 1 is 0.913 bits per heavy atom. The number of carbonyl (C=O) groups is 1. The standard InChI is InChI=1S/C19H16N2O2/c22-19(21-20-14-17-12-7-13-23-17)18(15-8-3-1-4-9-15)16-10-5-2-6-11-16/h1-14,18H,(H,21,22). The fourth-order valence-electron chi connectivity index (χ4n) is 2.37. The second-order valence-corrected chi connectivity index (χ2v) is 5.00. The predicted molar refractivity (Wildman–Crippen MR) is 89.2 cm³/mol. The highest BCUT2D eigenvalue weighted by Crippen LogP contribution is 2.24. The van der Waals surface area contributed by atoms with Crippen molar-refractivity contribution in [3.05, 3.63) is 95.9 Å². The molecule has 0 aliphatic carbocycles. The molecule has 0 saturated heterocycles. The zero-order valence-electron chi connectivity index (χ0n) is 12.4. The monoisotopic (exact) mass is 304 g/mol. The van der Waals surface area contributed by atoms with E-state index in [2.05, 4.69) is 10.5 Å². The van der Waals surface area contributed by atoms with E-state index in [0.717, 1.165) is 11.1 Å². The minimum Gasteiger partial charge on any atom is -0.463 e. The molecule has 2 aromatic carbocycles. The van der Waals surface area contributed by atoms with Gasteiger partial charge in [-0.1, -0.05) is 60.7 Å². The van der Waals surface area contributed by atoms with Crippen LogP contribution in [0.2, 0.25) is 0 Å². The third-order valence-corrected chi connectivity index (χ3v) is 3.44. The highest BCUT2D eigenvalue weighted by atomic mass is 16.3. The molecule has 23 heavy (non-hydrogen) atoms. The quantitative estimate of drug-likeness (QED) is 0.579. The zero-order valence-corrected chi connectivity index (χ0v) is 12.4. The van der Waals surface area contributed by atoms with Crippen molar-refractivity contribution in [2.24, 2.45) is 5.10 Å². The molecule has 3 rings (SSSR count). The van der Waals surface area contributed by atoms with E-state index in [0.29, 0.717) is 5.76 Å². The highest BCUT2D eigenvalue weighted by Gasteiger charge is 2.22. The lowest BCUT2D eigenvalue weighted by molar-refractivity contribution is -0.121. The van der Waals surface area contributed by atoms with Gasteiger partial charge in [-0.05, 0) is 23.3 Å². The lowest BCUT2D eigenvalue weighted by Crippen LogP contribution is -2.26. The van der Waals surface area contributed by atoms with Gasteiger partial charge in [-0.3, -0.25) is 4.79 Å². The van der Waals surface area contributed by atoms with Crippen LogP contribution in [0.3, 0.4) is 0 Å². The van der Waals surface area contributed by atoms with Crippen molar-refractivity contribution in [2.45, 2.75) is 5.92 Å². The minimum atomic E-state index is -0.411. The zero-order chi connectivity index (χ0) is 15.9. The summed E-state index contributed by atoms with van der Waals surface area (Å²) in [4.78, 5) is 12.6. The number of benzene rings is 2. The predicted octanol–water partition coefficient (Wildman–Crippen LogP) is 3.56. The Balaban J connectivity index is 1.82. The molecule has 1 amide bonds. The molecule has 0 radical (unpaired) electrons. The summed E-state index contributed by atoms with van der Waals surface area (Å²) in [5, 5.41) is 3.97. The first-order valence-electron chi connectivity index (χ1n) is 7.31. The topological polar surface area (TPSA) is 54.6 Å². The molecule has 1 N–H and O–H groups in total. The molecular weight excluding hydrogens is 288 g/mol. The summed E-state index contributed by atoms with van der Waals surface area (Å²) in [6.45, 7) is 0. The summed E-state index contributed by atoms with van der Waals surface area (Å²) in [5.41, 5.74) is 4.43. The van der Waals surface area contributed by atoms with E-state index >= 15 is 0 Å². The second-order valence-electron chi connectivity index (χ2n) is 5.00. The van der Waals surface area contributed by atoms with Crippen molar-refractivity contribution >= 4 is 12.1 Å². The molecule has 0 unspecified atom stereocenters. The number of hydrogen-bond donors (Lipinski definition) is 1. The molecule has 0 bridgehead atoms. The van der Waals surface area contributed by atoms with Gasteiger partial charge in [0.2, 0.25) is 0 Å². The fourth-order valence-corrected chi connectivity index (χ4v) is 2.37. The Labute approximate surface area is 134 Å². The number of carbonyl (C=O) groups excluding carboxylic acids is 1. The van der Waals surface area contributed by atoms with Gasteiger partial charge in [0, 0.05) is 0 Å². The molecule has 114 valence electrons. The Morgan fingerprint density at radius 3 is 2.04 bits per heavy atom. The van der Waals surface area contributed by atoms with Crippen molar-refractivity contribution in [2.75, 3.05) is 0 Å². The van der Waals surface area contributed by atoms with E-state index in [-0.39, 0.29) is 5.91 Å². The molecule has 0 fully saturated rings. The van der Waals surface area contributed by atoms with Gasteiger partial charge >= 0.3 is 0 Å². The van der Waals surface area contributed by atoms with Crippen molar-refractivity contribution in [3.63, 3.8) is 0 Å². The number of nitrogens with one attached hydrogen (secondary N) is 1. The lowest BCUT2D eigenvalue weighted by Gasteiger charge is -2.16. The van der Waals surface area contributed by atoms with Crippen LogP contribution in [0.15, 0.2) is 88.6 Å². The Hall–Kier alpha value is -3.14. The summed E-state index contributed by atoms with van der Waals surface area (Å²) in [7, 11) is 0. The first kappa shape index (κ1) is 14.8. The van der Waals surface area contributed by atoms with E-state index < -0.39 is 5.92 Å². The van der Waals surface area contributed by atoms with E-state index in [9.17, 15) is 4.79 Å². The van der Waals surface area contributed by atoms with Crippen molar-refractivity contribution in [3.8, 4) is 0 Å². The number of rotatable bonds is 5. The smallest absolute Gasteiger partial charge is 0.252 e. The van der Waals surface area contributed by atoms with E-state index in [1.807, 2.05) is 60.7 Å². The molecular formula is C19H16N2O2. The summed E-state index contributed by atoms with van der Waals surface area (Å²) >= 11 is 0. The van der Waals surface area contributed by atoms with Crippen LogP contribution in [-0.2, 0) is 4.79 Å². The molecule has 0 spiro atoms. The molecule has 1 heterocycles. The summed E-state index contributed by atoms with van der Waals surface area (Å²) < 4.78 is 5.14. The van der Waals surface area contributed by atoms with Gasteiger partial charge in [-0.2, -0.15) is 5.10 Å². The molecule has 1 aromatic heterocycles. The Bertz CT molecular complexity index is 726. The molecule has 4 nitrogen and oxygen atoms in total. The summed E-state index contributed by atoms with van der Waals surface area (Å²) in [6, 6.07) is 22.8. The number of nitrogens with zero attached hydrogens (tertiary/aromatic N) is 1. The van der Waals surface area contributed by atoms with Crippen LogP contribution in [0.5, 0.6) is 0 Å². The normalized spacial score (nSPS) is 11.0. The maximum absolute atomic E-state index is 12.6. The van der Waals surface area contributed by atoms with Gasteiger partial charge in [0.15, 0.2) is 0 Å². The third kappa shape index (κ3) is 3.74. The number of hydrazone groups is 1. The van der Waals surface area contributed by atoms with Gasteiger partial charge < -0.3 is 4.42 Å². The van der Waals surface area contributed by atoms with Crippen LogP contribution >= 0.6 is 0 Å². The number of amides is 1. The molecule has 0 saturated carbocycles. The molecule has 0 atom stereocenters. The highest BCUT2D eigenvalue weighted by molar-refractivity contribution is 5.88. The van der Waals surface area contributed by atoms with Crippen molar-refractivity contribution < 1.29 is 9.21 Å². The van der Waals surface area contributed by atoms with Gasteiger partial charge in [-0.15, -0.1) is 0 Å². The largest absolute Gasteiger partial charge is 0.463 e. The van der Waals surface area contributed by atoms with Gasteiger partial charge in [0.05, 0.1) is 18.4 Å². The molecule has 0 aliphatic heterocycles. The second kappa shape index (κ2) is 7.22. The average Bonchev–Trinajstić information content (AvgIpc) is 3.10. The minimum absolute atomic E-state index is 0.190. The van der Waals surface area contributed by atoms with Crippen LogP contribution in [0, 0.1) is 0 Å². The van der Waals surface area contributed by atoms with Gasteiger partial charge in [-0.25, -0.2) is 5.43 Å². The fraction of sp³-hybridized carbons (Fsp3) is 0.0526. The van der Waals surface area contributed by atoms with Crippen LogP contribution in [0.1, 0.15) is 22.8 Å². The maximum Gasteiger partial charge on any atom is 0.252 e. The number of hydrogen-bond acceptors (Lipinski definition) is 3. The molecule has 4 heteroatoms. The van der Waals surface area contributed by atoms with Crippen LogP contribution in [0.25, 0.3) is 0 Å². The molecule has 3 aromatic rings. The molecule has 0 aliphatic rings. The average molecular weight is 304 g/mol. The van der Waals surface area contributed by atoms with Crippen molar-refractivity contribution in [1.82, 2.24) is 5.43 Å². The van der Waals surface area contributed by atoms with Gasteiger partial charge in [0.25, 0.3) is 5.91 Å². The van der Waals surface area contributed by atoms with Crippen LogP contribution in [0.4, 0.5) is 0 Å². The first-order valence-corrected chi connectivity index (χ1v) is 7.31. The van der Waals surface area contributed by atoms with Crippen molar-refractivity contribution in [1.29, 1.82) is 0 Å². The number of furan rings is 1. The van der Waals surface area contributed by atoms with Crippen LogP contribution in [-0.4, -0.2) is 12.1 Å². The van der Waals surface area contributed by atoms with Crippen LogP contribution < -0.4 is 5.43 Å². The first-order chi connectivity index (χ1) is 11.3. The summed E-state index contributed by atoms with van der Waals surface area (Å²) in [6.07, 6.45) is 3.03. The lowest BCUT2D eigenvalue weighted by atomic mass is 9.91. The van der Waals surface area contributed by atoms with E-state index in [1.165, 1.54) is 6.21 Å². The Kier molecular flexibility index (Phi) is 4.64. The summed E-state index contributed by atoms with van der Waals surface area (Å²) in [5.74, 6) is -0.0161. The maximum atomic E-state index is 12.6. The third-order valence-electron chi connectivity index (χ3n) is 3.44.